The van der Waals surface area contributed by atoms with Gasteiger partial charge >= 0.3 is 0 Å². The Morgan fingerprint density at radius 2 is 2.07 bits per heavy atom. The molecule has 1 atom stereocenters. The summed E-state index contributed by atoms with van der Waals surface area (Å²) in [5.41, 5.74) is 5.72. The molecule has 0 aromatic heterocycles. The third-order valence-electron chi connectivity index (χ3n) is 1.90. The van der Waals surface area contributed by atoms with E-state index in [1.165, 1.54) is 0 Å². The normalized spacial score (nSPS) is 19.5. The molecule has 0 bridgehead atoms. The molecule has 0 radical (unpaired) electrons. The number of thiocarbonyl (C=S) groups is 1. The Balaban J connectivity index is 1.83. The van der Waals surface area contributed by atoms with Crippen LogP contribution in [0.1, 0.15) is 0 Å². The first-order valence-corrected chi connectivity index (χ1v) is 5.23. The maximum atomic E-state index is 5.75. The zero-order valence-corrected chi connectivity index (χ0v) is 9.36. The van der Waals surface area contributed by atoms with Gasteiger partial charge in [-0.3, -0.25) is 5.43 Å². The SMILES string of the molecule is S=C1NNC(COc2ccc(Cl)cc2)N1. The highest BCUT2D eigenvalue weighted by atomic mass is 35.5. The Kier molecular flexibility index (Phi) is 3.25. The highest BCUT2D eigenvalue weighted by molar-refractivity contribution is 7.80. The van der Waals surface area contributed by atoms with E-state index in [-0.39, 0.29) is 6.17 Å². The van der Waals surface area contributed by atoms with Crippen molar-refractivity contribution in [2.45, 2.75) is 6.17 Å². The Labute approximate surface area is 97.9 Å². The summed E-state index contributed by atoms with van der Waals surface area (Å²) in [5.74, 6) is 0.779. The summed E-state index contributed by atoms with van der Waals surface area (Å²) in [6.07, 6.45) is -0.00632. The first-order chi connectivity index (χ1) is 7.24. The second-order valence-electron chi connectivity index (χ2n) is 3.06. The van der Waals surface area contributed by atoms with E-state index in [2.05, 4.69) is 16.2 Å². The Bertz CT molecular complexity index is 357. The predicted molar refractivity (Wildman–Crippen MR) is 62.7 cm³/mol. The number of nitrogens with one attached hydrogen (secondary N) is 3. The second kappa shape index (κ2) is 4.65. The van der Waals surface area contributed by atoms with Gasteiger partial charge in [0.25, 0.3) is 0 Å². The molecular weight excluding hydrogens is 234 g/mol. The molecule has 1 aromatic rings. The van der Waals surface area contributed by atoms with Gasteiger partial charge in [0.1, 0.15) is 18.5 Å². The van der Waals surface area contributed by atoms with Crippen molar-refractivity contribution >= 4 is 28.9 Å². The van der Waals surface area contributed by atoms with E-state index in [4.69, 9.17) is 28.6 Å². The Morgan fingerprint density at radius 3 is 2.67 bits per heavy atom. The van der Waals surface area contributed by atoms with Crippen LogP contribution in [0.5, 0.6) is 5.75 Å². The van der Waals surface area contributed by atoms with Gasteiger partial charge in [-0.1, -0.05) is 11.6 Å². The zero-order chi connectivity index (χ0) is 10.7. The fourth-order valence-electron chi connectivity index (χ4n) is 1.18. The van der Waals surface area contributed by atoms with Crippen molar-refractivity contribution in [3.8, 4) is 5.75 Å². The largest absolute Gasteiger partial charge is 0.490 e. The van der Waals surface area contributed by atoms with Gasteiger partial charge in [-0.05, 0) is 36.5 Å². The van der Waals surface area contributed by atoms with Crippen molar-refractivity contribution in [3.05, 3.63) is 29.3 Å². The molecule has 0 amide bonds. The molecule has 1 saturated heterocycles. The third-order valence-corrected chi connectivity index (χ3v) is 2.37. The van der Waals surface area contributed by atoms with Gasteiger partial charge in [-0.25, -0.2) is 5.43 Å². The molecule has 0 aliphatic carbocycles. The molecular formula is C9H10ClN3OS. The van der Waals surface area contributed by atoms with Crippen LogP contribution in [-0.2, 0) is 0 Å². The molecule has 3 N–H and O–H groups in total. The van der Waals surface area contributed by atoms with Crippen LogP contribution in [-0.4, -0.2) is 17.9 Å². The standard InChI is InChI=1S/C9H10ClN3OS/c10-6-1-3-7(4-2-6)14-5-8-11-9(15)13-12-8/h1-4,8,12H,5H2,(H2,11,13,15). The molecule has 1 fully saturated rings. The van der Waals surface area contributed by atoms with E-state index in [0.29, 0.717) is 16.7 Å². The van der Waals surface area contributed by atoms with Crippen LogP contribution in [0.2, 0.25) is 5.02 Å². The van der Waals surface area contributed by atoms with E-state index in [1.807, 2.05) is 12.1 Å². The van der Waals surface area contributed by atoms with Crippen LogP contribution in [0.4, 0.5) is 0 Å². The van der Waals surface area contributed by atoms with Crippen LogP contribution in [0.15, 0.2) is 24.3 Å². The van der Waals surface area contributed by atoms with Crippen molar-refractivity contribution in [2.24, 2.45) is 0 Å². The first-order valence-electron chi connectivity index (χ1n) is 4.44. The lowest BCUT2D eigenvalue weighted by Gasteiger charge is -2.11. The van der Waals surface area contributed by atoms with Gasteiger partial charge in [0.15, 0.2) is 5.11 Å². The van der Waals surface area contributed by atoms with Crippen molar-refractivity contribution in [1.29, 1.82) is 0 Å². The minimum atomic E-state index is -0.00632. The fourth-order valence-corrected chi connectivity index (χ4v) is 1.50. The number of halogens is 1. The number of ether oxygens (including phenoxy) is 1. The van der Waals surface area contributed by atoms with Crippen molar-refractivity contribution in [3.63, 3.8) is 0 Å². The molecule has 1 aliphatic rings. The van der Waals surface area contributed by atoms with Crippen molar-refractivity contribution < 1.29 is 4.74 Å². The molecule has 1 unspecified atom stereocenters. The summed E-state index contributed by atoms with van der Waals surface area (Å²) in [7, 11) is 0. The third kappa shape index (κ3) is 2.95. The highest BCUT2D eigenvalue weighted by Gasteiger charge is 2.16. The molecule has 6 heteroatoms. The minimum absolute atomic E-state index is 0.00632. The summed E-state index contributed by atoms with van der Waals surface area (Å²) >= 11 is 10.6. The lowest BCUT2D eigenvalue weighted by Crippen LogP contribution is -2.38. The van der Waals surface area contributed by atoms with Crippen LogP contribution in [0.25, 0.3) is 0 Å². The number of rotatable bonds is 3. The van der Waals surface area contributed by atoms with Gasteiger partial charge in [0.2, 0.25) is 0 Å². The number of hydrazine groups is 1. The van der Waals surface area contributed by atoms with Gasteiger partial charge in [0, 0.05) is 5.02 Å². The van der Waals surface area contributed by atoms with Crippen molar-refractivity contribution in [1.82, 2.24) is 16.2 Å². The lowest BCUT2D eigenvalue weighted by atomic mass is 10.3. The molecule has 1 aromatic carbocycles. The van der Waals surface area contributed by atoms with Crippen LogP contribution >= 0.6 is 23.8 Å². The summed E-state index contributed by atoms with van der Waals surface area (Å²) in [6.45, 7) is 0.481. The fraction of sp³-hybridized carbons (Fsp3) is 0.222. The minimum Gasteiger partial charge on any atom is -0.490 e. The van der Waals surface area contributed by atoms with E-state index < -0.39 is 0 Å². The molecule has 4 nitrogen and oxygen atoms in total. The molecule has 80 valence electrons. The van der Waals surface area contributed by atoms with Gasteiger partial charge in [-0.15, -0.1) is 0 Å². The Morgan fingerprint density at radius 1 is 1.33 bits per heavy atom. The lowest BCUT2D eigenvalue weighted by molar-refractivity contribution is 0.263. The molecule has 1 aliphatic heterocycles. The average Bonchev–Trinajstić information content (AvgIpc) is 2.64. The molecule has 15 heavy (non-hydrogen) atoms. The van der Waals surface area contributed by atoms with Gasteiger partial charge < -0.3 is 10.1 Å². The molecule has 0 spiro atoms. The second-order valence-corrected chi connectivity index (χ2v) is 3.90. The van der Waals surface area contributed by atoms with E-state index in [9.17, 15) is 0 Å². The van der Waals surface area contributed by atoms with Crippen LogP contribution in [0.3, 0.4) is 0 Å². The number of benzene rings is 1. The van der Waals surface area contributed by atoms with Crippen molar-refractivity contribution in [2.75, 3.05) is 6.61 Å². The highest BCUT2D eigenvalue weighted by Crippen LogP contribution is 2.15. The quantitative estimate of drug-likeness (QED) is 0.693. The maximum Gasteiger partial charge on any atom is 0.182 e. The number of hydrogen-bond acceptors (Lipinski definition) is 3. The monoisotopic (exact) mass is 243 g/mol. The summed E-state index contributed by atoms with van der Waals surface area (Å²) in [4.78, 5) is 0. The molecule has 0 saturated carbocycles. The van der Waals surface area contributed by atoms with E-state index >= 15 is 0 Å². The summed E-state index contributed by atoms with van der Waals surface area (Å²) < 4.78 is 5.51. The molecule has 2 rings (SSSR count). The molecule has 1 heterocycles. The smallest absolute Gasteiger partial charge is 0.182 e. The topological polar surface area (TPSA) is 45.3 Å². The van der Waals surface area contributed by atoms with E-state index in [0.717, 1.165) is 5.75 Å². The maximum absolute atomic E-state index is 5.75. The number of hydrogen-bond donors (Lipinski definition) is 3. The van der Waals surface area contributed by atoms with Crippen LogP contribution < -0.4 is 20.9 Å². The van der Waals surface area contributed by atoms with E-state index in [1.54, 1.807) is 12.1 Å². The van der Waals surface area contributed by atoms with Crippen LogP contribution in [0, 0.1) is 0 Å². The van der Waals surface area contributed by atoms with Gasteiger partial charge in [0.05, 0.1) is 0 Å². The predicted octanol–water partition coefficient (Wildman–Crippen LogP) is 1.03. The summed E-state index contributed by atoms with van der Waals surface area (Å²) in [5, 5.41) is 4.27. The zero-order valence-electron chi connectivity index (χ0n) is 7.79. The van der Waals surface area contributed by atoms with Gasteiger partial charge in [-0.2, -0.15) is 0 Å². The average molecular weight is 244 g/mol. The summed E-state index contributed by atoms with van der Waals surface area (Å²) in [6, 6.07) is 7.22. The first kappa shape index (κ1) is 10.5. The Hall–Kier alpha value is -1.04.